The molecule has 3 aromatic rings. The summed E-state index contributed by atoms with van der Waals surface area (Å²) in [5.74, 6) is 1.01. The molecule has 4 rings (SSSR count). The molecule has 1 aliphatic heterocycles. The number of hydrogen-bond acceptors (Lipinski definition) is 3. The number of ether oxygens (including phenoxy) is 1. The third-order valence-corrected chi connectivity index (χ3v) is 5.24. The van der Waals surface area contributed by atoms with Crippen molar-refractivity contribution in [1.29, 1.82) is 0 Å². The first-order chi connectivity index (χ1) is 13.2. The van der Waals surface area contributed by atoms with E-state index in [1.54, 1.807) is 7.11 Å². The molecule has 1 fully saturated rings. The Morgan fingerprint density at radius 3 is 2.33 bits per heavy atom. The number of amides is 1. The van der Waals surface area contributed by atoms with Gasteiger partial charge in [-0.2, -0.15) is 0 Å². The molecule has 27 heavy (non-hydrogen) atoms. The van der Waals surface area contributed by atoms with Gasteiger partial charge in [-0.3, -0.25) is 9.69 Å². The Balaban J connectivity index is 1.40. The number of benzene rings is 3. The molecule has 1 amide bonds. The molecule has 1 aliphatic rings. The van der Waals surface area contributed by atoms with Gasteiger partial charge in [-0.05, 0) is 34.5 Å². The average Bonchev–Trinajstić information content (AvgIpc) is 2.74. The van der Waals surface area contributed by atoms with Crippen LogP contribution in [-0.2, 0) is 6.54 Å². The lowest BCUT2D eigenvalue weighted by Crippen LogP contribution is -2.48. The number of methoxy groups -OCH3 is 1. The van der Waals surface area contributed by atoms with Crippen LogP contribution in [0.5, 0.6) is 5.75 Å². The summed E-state index contributed by atoms with van der Waals surface area (Å²) in [6, 6.07) is 22.2. The Morgan fingerprint density at radius 2 is 1.59 bits per heavy atom. The van der Waals surface area contributed by atoms with Crippen LogP contribution in [0.1, 0.15) is 15.9 Å². The van der Waals surface area contributed by atoms with Gasteiger partial charge in [-0.15, -0.1) is 0 Å². The monoisotopic (exact) mass is 360 g/mol. The lowest BCUT2D eigenvalue weighted by Gasteiger charge is -2.35. The van der Waals surface area contributed by atoms with Gasteiger partial charge in [0.1, 0.15) is 5.75 Å². The molecule has 0 atom stereocenters. The van der Waals surface area contributed by atoms with Crippen molar-refractivity contribution in [2.24, 2.45) is 0 Å². The molecular weight excluding hydrogens is 336 g/mol. The summed E-state index contributed by atoms with van der Waals surface area (Å²) < 4.78 is 5.21. The van der Waals surface area contributed by atoms with Crippen LogP contribution in [0.15, 0.2) is 66.7 Å². The van der Waals surface area contributed by atoms with Gasteiger partial charge in [0.25, 0.3) is 5.91 Å². The summed E-state index contributed by atoms with van der Waals surface area (Å²) >= 11 is 0. The molecule has 0 radical (unpaired) electrons. The molecule has 0 unspecified atom stereocenters. The zero-order chi connectivity index (χ0) is 18.6. The number of carbonyl (C=O) groups is 1. The van der Waals surface area contributed by atoms with Crippen LogP contribution >= 0.6 is 0 Å². The van der Waals surface area contributed by atoms with Crippen molar-refractivity contribution in [2.45, 2.75) is 6.54 Å². The number of carbonyl (C=O) groups excluding carboxylic acids is 1. The minimum atomic E-state index is 0.135. The molecule has 0 spiro atoms. The normalized spacial score (nSPS) is 15.1. The zero-order valence-corrected chi connectivity index (χ0v) is 15.6. The van der Waals surface area contributed by atoms with Crippen molar-refractivity contribution in [3.8, 4) is 5.75 Å². The van der Waals surface area contributed by atoms with Crippen molar-refractivity contribution in [1.82, 2.24) is 9.80 Å². The Kier molecular flexibility index (Phi) is 5.07. The van der Waals surface area contributed by atoms with E-state index in [0.717, 1.165) is 54.8 Å². The van der Waals surface area contributed by atoms with Gasteiger partial charge in [-0.25, -0.2) is 0 Å². The van der Waals surface area contributed by atoms with E-state index < -0.39 is 0 Å². The number of rotatable bonds is 4. The maximum absolute atomic E-state index is 13.0. The van der Waals surface area contributed by atoms with Crippen molar-refractivity contribution >= 4 is 16.7 Å². The number of hydrogen-bond donors (Lipinski definition) is 0. The maximum Gasteiger partial charge on any atom is 0.254 e. The minimum Gasteiger partial charge on any atom is -0.497 e. The summed E-state index contributed by atoms with van der Waals surface area (Å²) in [5, 5.41) is 2.15. The molecule has 0 bridgehead atoms. The largest absolute Gasteiger partial charge is 0.497 e. The van der Waals surface area contributed by atoms with Crippen LogP contribution in [0.25, 0.3) is 10.8 Å². The first kappa shape index (κ1) is 17.6. The highest BCUT2D eigenvalue weighted by Crippen LogP contribution is 2.21. The van der Waals surface area contributed by atoms with Crippen LogP contribution in [0.3, 0.4) is 0 Å². The van der Waals surface area contributed by atoms with Gasteiger partial charge in [0.15, 0.2) is 0 Å². The molecule has 0 aliphatic carbocycles. The SMILES string of the molecule is COc1ccc(CN2CCN(C(=O)c3cccc4ccccc34)CC2)cc1. The third-order valence-electron chi connectivity index (χ3n) is 5.24. The molecule has 1 heterocycles. The van der Waals surface area contributed by atoms with Crippen molar-refractivity contribution in [3.05, 3.63) is 77.9 Å². The third kappa shape index (κ3) is 3.81. The van der Waals surface area contributed by atoms with Crippen LogP contribution in [-0.4, -0.2) is 49.0 Å². The van der Waals surface area contributed by atoms with E-state index in [1.807, 2.05) is 47.4 Å². The Bertz CT molecular complexity index is 923. The summed E-state index contributed by atoms with van der Waals surface area (Å²) in [4.78, 5) is 17.4. The highest BCUT2D eigenvalue weighted by atomic mass is 16.5. The first-order valence-electron chi connectivity index (χ1n) is 9.37. The average molecular weight is 360 g/mol. The quantitative estimate of drug-likeness (QED) is 0.709. The van der Waals surface area contributed by atoms with Gasteiger partial charge in [-0.1, -0.05) is 48.5 Å². The summed E-state index contributed by atoms with van der Waals surface area (Å²) in [6.07, 6.45) is 0. The van der Waals surface area contributed by atoms with Gasteiger partial charge in [0, 0.05) is 38.3 Å². The van der Waals surface area contributed by atoms with Gasteiger partial charge in [0.05, 0.1) is 7.11 Å². The van der Waals surface area contributed by atoms with Crippen LogP contribution in [0.2, 0.25) is 0 Å². The molecule has 138 valence electrons. The van der Waals surface area contributed by atoms with E-state index in [0.29, 0.717) is 0 Å². The highest BCUT2D eigenvalue weighted by molar-refractivity contribution is 6.07. The Morgan fingerprint density at radius 1 is 0.889 bits per heavy atom. The topological polar surface area (TPSA) is 32.8 Å². The lowest BCUT2D eigenvalue weighted by molar-refractivity contribution is 0.0630. The van der Waals surface area contributed by atoms with Gasteiger partial charge >= 0.3 is 0 Å². The molecule has 0 saturated carbocycles. The predicted octanol–water partition coefficient (Wildman–Crippen LogP) is 3.81. The van der Waals surface area contributed by atoms with Crippen molar-refractivity contribution in [2.75, 3.05) is 33.3 Å². The second kappa shape index (κ2) is 7.80. The molecule has 0 aromatic heterocycles. The van der Waals surface area contributed by atoms with Gasteiger partial charge in [0.2, 0.25) is 0 Å². The highest BCUT2D eigenvalue weighted by Gasteiger charge is 2.23. The predicted molar refractivity (Wildman–Crippen MR) is 108 cm³/mol. The fraction of sp³-hybridized carbons (Fsp3) is 0.261. The fourth-order valence-electron chi connectivity index (χ4n) is 3.68. The maximum atomic E-state index is 13.0. The molecule has 3 aromatic carbocycles. The van der Waals surface area contributed by atoms with Crippen LogP contribution in [0.4, 0.5) is 0 Å². The lowest BCUT2D eigenvalue weighted by atomic mass is 10.0. The minimum absolute atomic E-state index is 0.135. The van der Waals surface area contributed by atoms with Crippen LogP contribution < -0.4 is 4.74 Å². The number of piperazine rings is 1. The second-order valence-electron chi connectivity index (χ2n) is 6.94. The van der Waals surface area contributed by atoms with Crippen LogP contribution in [0, 0.1) is 0 Å². The van der Waals surface area contributed by atoms with Crippen molar-refractivity contribution in [3.63, 3.8) is 0 Å². The Labute approximate surface area is 160 Å². The summed E-state index contributed by atoms with van der Waals surface area (Å²) in [5.41, 5.74) is 2.07. The Hall–Kier alpha value is -2.85. The van der Waals surface area contributed by atoms with E-state index in [4.69, 9.17) is 4.74 Å². The number of nitrogens with zero attached hydrogens (tertiary/aromatic N) is 2. The van der Waals surface area contributed by atoms with E-state index in [2.05, 4.69) is 29.2 Å². The van der Waals surface area contributed by atoms with E-state index in [9.17, 15) is 4.79 Å². The molecule has 4 heteroatoms. The van der Waals surface area contributed by atoms with Gasteiger partial charge < -0.3 is 9.64 Å². The van der Waals surface area contributed by atoms with E-state index in [-0.39, 0.29) is 5.91 Å². The first-order valence-corrected chi connectivity index (χ1v) is 9.37. The zero-order valence-electron chi connectivity index (χ0n) is 15.6. The standard InChI is InChI=1S/C23H24N2O2/c1-27-20-11-9-18(10-12-20)17-24-13-15-25(16-14-24)23(26)22-8-4-6-19-5-2-3-7-21(19)22/h2-12H,13-17H2,1H3. The molecule has 0 N–H and O–H groups in total. The smallest absolute Gasteiger partial charge is 0.254 e. The van der Waals surface area contributed by atoms with E-state index in [1.165, 1.54) is 5.56 Å². The number of fused-ring (bicyclic) bond motifs is 1. The fourth-order valence-corrected chi connectivity index (χ4v) is 3.68. The molecule has 1 saturated heterocycles. The summed E-state index contributed by atoms with van der Waals surface area (Å²) in [7, 11) is 1.68. The molecule has 4 nitrogen and oxygen atoms in total. The van der Waals surface area contributed by atoms with E-state index >= 15 is 0 Å². The molecular formula is C23H24N2O2. The van der Waals surface area contributed by atoms with Crippen molar-refractivity contribution < 1.29 is 9.53 Å². The second-order valence-corrected chi connectivity index (χ2v) is 6.94. The summed E-state index contributed by atoms with van der Waals surface area (Å²) in [6.45, 7) is 4.21.